The second-order valence-electron chi connectivity index (χ2n) is 3.55. The molecule has 86 valence electrons. The van der Waals surface area contributed by atoms with Gasteiger partial charge in [-0.1, -0.05) is 20.3 Å². The Balaban J connectivity index is 2.92. The van der Waals surface area contributed by atoms with Crippen molar-refractivity contribution in [2.75, 3.05) is 32.6 Å². The third kappa shape index (κ3) is 10.4. The molecule has 0 saturated carbocycles. The van der Waals surface area contributed by atoms with E-state index in [4.69, 9.17) is 4.74 Å². The molecule has 1 N–H and O–H groups in total. The summed E-state index contributed by atoms with van der Waals surface area (Å²) in [5.41, 5.74) is 0. The largest absolute Gasteiger partial charge is 0.380 e. The maximum absolute atomic E-state index is 5.44. The standard InChI is InChI=1S/C11H25NOS/c1-4-5-9-13-10-8-12-7-6-11(2)14-3/h11-12H,4-10H2,1-3H3. The van der Waals surface area contributed by atoms with E-state index < -0.39 is 0 Å². The summed E-state index contributed by atoms with van der Waals surface area (Å²) in [6.07, 6.45) is 5.82. The average Bonchev–Trinajstić information content (AvgIpc) is 2.21. The Hall–Kier alpha value is 0.270. The number of unbranched alkanes of at least 4 members (excludes halogenated alkanes) is 1. The molecule has 1 unspecified atom stereocenters. The van der Waals surface area contributed by atoms with E-state index in [1.807, 2.05) is 11.8 Å². The molecule has 0 bridgehead atoms. The molecule has 1 atom stereocenters. The fraction of sp³-hybridized carbons (Fsp3) is 1.00. The Bertz CT molecular complexity index is 111. The molecule has 0 aliphatic carbocycles. The van der Waals surface area contributed by atoms with Crippen molar-refractivity contribution in [1.82, 2.24) is 5.32 Å². The molecule has 3 heteroatoms. The normalized spacial score (nSPS) is 13.1. The fourth-order valence-electron chi connectivity index (χ4n) is 1.04. The number of nitrogens with one attached hydrogen (secondary N) is 1. The minimum absolute atomic E-state index is 0.767. The van der Waals surface area contributed by atoms with Crippen molar-refractivity contribution in [3.63, 3.8) is 0 Å². The van der Waals surface area contributed by atoms with Gasteiger partial charge in [-0.3, -0.25) is 0 Å². The van der Waals surface area contributed by atoms with Crippen molar-refractivity contribution in [3.05, 3.63) is 0 Å². The summed E-state index contributed by atoms with van der Waals surface area (Å²) < 4.78 is 5.44. The summed E-state index contributed by atoms with van der Waals surface area (Å²) in [6, 6.07) is 0. The monoisotopic (exact) mass is 219 g/mol. The highest BCUT2D eigenvalue weighted by atomic mass is 32.2. The Morgan fingerprint density at radius 1 is 1.29 bits per heavy atom. The van der Waals surface area contributed by atoms with E-state index in [1.54, 1.807) is 0 Å². The number of hydrogen-bond acceptors (Lipinski definition) is 3. The smallest absolute Gasteiger partial charge is 0.0590 e. The first-order chi connectivity index (χ1) is 6.81. The molecule has 0 radical (unpaired) electrons. The van der Waals surface area contributed by atoms with Gasteiger partial charge < -0.3 is 10.1 Å². The molecule has 0 aromatic rings. The number of ether oxygens (including phenoxy) is 1. The first-order valence-corrected chi connectivity index (χ1v) is 6.91. The van der Waals surface area contributed by atoms with Gasteiger partial charge in [-0.2, -0.15) is 11.8 Å². The van der Waals surface area contributed by atoms with E-state index in [0.29, 0.717) is 0 Å². The molecular weight excluding hydrogens is 194 g/mol. The number of hydrogen-bond donors (Lipinski definition) is 1. The quantitative estimate of drug-likeness (QED) is 0.571. The van der Waals surface area contributed by atoms with E-state index in [9.17, 15) is 0 Å². The molecule has 0 aromatic heterocycles. The molecular formula is C11H25NOS. The van der Waals surface area contributed by atoms with Crippen LogP contribution in [0.25, 0.3) is 0 Å². The molecule has 0 heterocycles. The number of thioether (sulfide) groups is 1. The van der Waals surface area contributed by atoms with Gasteiger partial charge in [0.2, 0.25) is 0 Å². The molecule has 0 aliphatic heterocycles. The molecule has 0 fully saturated rings. The molecule has 0 spiro atoms. The molecule has 14 heavy (non-hydrogen) atoms. The Kier molecular flexibility index (Phi) is 11.6. The number of rotatable bonds is 10. The second kappa shape index (κ2) is 11.3. The van der Waals surface area contributed by atoms with Crippen LogP contribution in [0, 0.1) is 0 Å². The maximum Gasteiger partial charge on any atom is 0.0590 e. The molecule has 0 aromatic carbocycles. The van der Waals surface area contributed by atoms with Crippen LogP contribution >= 0.6 is 11.8 Å². The van der Waals surface area contributed by atoms with Crippen LogP contribution in [-0.2, 0) is 4.74 Å². The Morgan fingerprint density at radius 2 is 2.07 bits per heavy atom. The van der Waals surface area contributed by atoms with Gasteiger partial charge in [0.05, 0.1) is 6.61 Å². The summed E-state index contributed by atoms with van der Waals surface area (Å²) >= 11 is 1.93. The zero-order chi connectivity index (χ0) is 10.6. The molecule has 0 saturated heterocycles. The van der Waals surface area contributed by atoms with Crippen LogP contribution in [0.3, 0.4) is 0 Å². The van der Waals surface area contributed by atoms with E-state index in [2.05, 4.69) is 25.4 Å². The zero-order valence-corrected chi connectivity index (χ0v) is 10.7. The highest BCUT2D eigenvalue weighted by Gasteiger charge is 1.97. The lowest BCUT2D eigenvalue weighted by Gasteiger charge is -2.09. The summed E-state index contributed by atoms with van der Waals surface area (Å²) in [6.45, 7) is 8.33. The van der Waals surface area contributed by atoms with Gasteiger partial charge in [-0.25, -0.2) is 0 Å². The third-order valence-corrected chi connectivity index (χ3v) is 3.24. The SMILES string of the molecule is CCCCOCCNCCC(C)SC. The van der Waals surface area contributed by atoms with Gasteiger partial charge in [0.25, 0.3) is 0 Å². The third-order valence-electron chi connectivity index (χ3n) is 2.20. The highest BCUT2D eigenvalue weighted by Crippen LogP contribution is 2.07. The van der Waals surface area contributed by atoms with Crippen LogP contribution in [-0.4, -0.2) is 37.8 Å². The molecule has 0 rings (SSSR count). The van der Waals surface area contributed by atoms with E-state index >= 15 is 0 Å². The van der Waals surface area contributed by atoms with Gasteiger partial charge in [0.15, 0.2) is 0 Å². The van der Waals surface area contributed by atoms with Crippen LogP contribution in [0.15, 0.2) is 0 Å². The van der Waals surface area contributed by atoms with Crippen LogP contribution in [0.4, 0.5) is 0 Å². The van der Waals surface area contributed by atoms with Crippen molar-refractivity contribution in [2.45, 2.75) is 38.4 Å². The summed E-state index contributed by atoms with van der Waals surface area (Å²) in [7, 11) is 0. The topological polar surface area (TPSA) is 21.3 Å². The molecule has 0 amide bonds. The lowest BCUT2D eigenvalue weighted by Crippen LogP contribution is -2.22. The Labute approximate surface area is 93.2 Å². The van der Waals surface area contributed by atoms with Gasteiger partial charge in [0.1, 0.15) is 0 Å². The van der Waals surface area contributed by atoms with Crippen molar-refractivity contribution < 1.29 is 4.74 Å². The van der Waals surface area contributed by atoms with E-state index in [1.165, 1.54) is 19.3 Å². The van der Waals surface area contributed by atoms with E-state index in [0.717, 1.165) is 31.6 Å². The van der Waals surface area contributed by atoms with Crippen molar-refractivity contribution in [2.24, 2.45) is 0 Å². The summed E-state index contributed by atoms with van der Waals surface area (Å²) in [4.78, 5) is 0. The van der Waals surface area contributed by atoms with Crippen LogP contribution < -0.4 is 5.32 Å². The van der Waals surface area contributed by atoms with Gasteiger partial charge in [-0.15, -0.1) is 0 Å². The van der Waals surface area contributed by atoms with Crippen LogP contribution in [0.5, 0.6) is 0 Å². The predicted octanol–water partition coefficient (Wildman–Crippen LogP) is 2.53. The zero-order valence-electron chi connectivity index (χ0n) is 9.84. The van der Waals surface area contributed by atoms with Crippen LogP contribution in [0.2, 0.25) is 0 Å². The summed E-state index contributed by atoms with van der Waals surface area (Å²) in [5, 5.41) is 4.16. The maximum atomic E-state index is 5.44. The predicted molar refractivity (Wildman–Crippen MR) is 66.2 cm³/mol. The Morgan fingerprint density at radius 3 is 2.71 bits per heavy atom. The summed E-state index contributed by atoms with van der Waals surface area (Å²) in [5.74, 6) is 0. The highest BCUT2D eigenvalue weighted by molar-refractivity contribution is 7.99. The second-order valence-corrected chi connectivity index (χ2v) is 4.83. The van der Waals surface area contributed by atoms with E-state index in [-0.39, 0.29) is 0 Å². The fourth-order valence-corrected chi connectivity index (χ4v) is 1.39. The average molecular weight is 219 g/mol. The lowest BCUT2D eigenvalue weighted by atomic mass is 10.3. The molecule has 0 aliphatic rings. The van der Waals surface area contributed by atoms with Gasteiger partial charge in [-0.05, 0) is 25.6 Å². The minimum atomic E-state index is 0.767. The van der Waals surface area contributed by atoms with Crippen molar-refractivity contribution in [3.8, 4) is 0 Å². The minimum Gasteiger partial charge on any atom is -0.380 e. The van der Waals surface area contributed by atoms with Crippen molar-refractivity contribution >= 4 is 11.8 Å². The molecule has 2 nitrogen and oxygen atoms in total. The first kappa shape index (κ1) is 14.3. The first-order valence-electron chi connectivity index (χ1n) is 5.62. The van der Waals surface area contributed by atoms with Crippen LogP contribution in [0.1, 0.15) is 33.1 Å². The van der Waals surface area contributed by atoms with Crippen molar-refractivity contribution in [1.29, 1.82) is 0 Å². The lowest BCUT2D eigenvalue weighted by molar-refractivity contribution is 0.133. The van der Waals surface area contributed by atoms with Gasteiger partial charge in [0, 0.05) is 18.4 Å². The van der Waals surface area contributed by atoms with Gasteiger partial charge >= 0.3 is 0 Å².